The summed E-state index contributed by atoms with van der Waals surface area (Å²) in [7, 11) is 0. The summed E-state index contributed by atoms with van der Waals surface area (Å²) in [4.78, 5) is 15.4. The molecule has 1 unspecified atom stereocenters. The molecular weight excluding hydrogens is 354 g/mol. The van der Waals surface area contributed by atoms with Gasteiger partial charge in [0.05, 0.1) is 11.7 Å². The van der Waals surface area contributed by atoms with Crippen LogP contribution in [0.25, 0.3) is 11.4 Å². The van der Waals surface area contributed by atoms with Gasteiger partial charge >= 0.3 is 0 Å². The van der Waals surface area contributed by atoms with Crippen LogP contribution >= 0.6 is 0 Å². The van der Waals surface area contributed by atoms with Crippen molar-refractivity contribution in [3.63, 3.8) is 0 Å². The summed E-state index contributed by atoms with van der Waals surface area (Å²) in [5.74, 6) is 0.356. The van der Waals surface area contributed by atoms with Gasteiger partial charge in [0.1, 0.15) is 0 Å². The third kappa shape index (κ3) is 4.09. The summed E-state index contributed by atoms with van der Waals surface area (Å²) < 4.78 is 5.80. The molecular formula is C21H23N5O2. The number of nitrogens with one attached hydrogen (secondary N) is 1. The molecule has 0 aliphatic carbocycles. The van der Waals surface area contributed by atoms with E-state index in [0.29, 0.717) is 30.0 Å². The van der Waals surface area contributed by atoms with Crippen molar-refractivity contribution < 1.29 is 9.53 Å². The van der Waals surface area contributed by atoms with E-state index in [1.807, 2.05) is 41.3 Å². The van der Waals surface area contributed by atoms with Crippen molar-refractivity contribution in [3.8, 4) is 11.4 Å². The number of aryl methyl sites for hydroxylation is 1. The number of hydrogen-bond donors (Lipinski definition) is 1. The maximum absolute atomic E-state index is 13.5. The summed E-state index contributed by atoms with van der Waals surface area (Å²) in [6.45, 7) is 3.91. The van der Waals surface area contributed by atoms with Crippen molar-refractivity contribution in [2.75, 3.05) is 13.2 Å². The Bertz CT molecular complexity index is 935. The SMILES string of the molecule is Cc1cccc(CN(CC2CCCO2)C(=O)c2ccccc2-c2nn[nH]n2)c1. The number of amides is 1. The Morgan fingerprint density at radius 2 is 2.14 bits per heavy atom. The molecule has 1 aliphatic rings. The van der Waals surface area contributed by atoms with Crippen molar-refractivity contribution in [1.82, 2.24) is 25.5 Å². The smallest absolute Gasteiger partial charge is 0.254 e. The first kappa shape index (κ1) is 18.3. The highest BCUT2D eigenvalue weighted by Crippen LogP contribution is 2.23. The number of H-pyrrole nitrogens is 1. The Hall–Kier alpha value is -3.06. The maximum atomic E-state index is 13.5. The monoisotopic (exact) mass is 377 g/mol. The quantitative estimate of drug-likeness (QED) is 0.714. The van der Waals surface area contributed by atoms with Crippen LogP contribution in [0.15, 0.2) is 48.5 Å². The fourth-order valence-electron chi connectivity index (χ4n) is 3.60. The molecule has 1 fully saturated rings. The van der Waals surface area contributed by atoms with E-state index in [2.05, 4.69) is 39.7 Å². The van der Waals surface area contributed by atoms with Crippen molar-refractivity contribution in [2.45, 2.75) is 32.4 Å². The van der Waals surface area contributed by atoms with Crippen LogP contribution in [-0.4, -0.2) is 50.7 Å². The van der Waals surface area contributed by atoms with E-state index in [1.54, 1.807) is 0 Å². The Morgan fingerprint density at radius 3 is 2.89 bits per heavy atom. The van der Waals surface area contributed by atoms with E-state index in [-0.39, 0.29) is 12.0 Å². The summed E-state index contributed by atoms with van der Waals surface area (Å²) in [6, 6.07) is 15.6. The average Bonchev–Trinajstić information content (AvgIpc) is 3.41. The normalized spacial score (nSPS) is 16.2. The van der Waals surface area contributed by atoms with E-state index in [1.165, 1.54) is 5.56 Å². The summed E-state index contributed by atoms with van der Waals surface area (Å²) in [5.41, 5.74) is 3.51. The Labute approximate surface area is 163 Å². The zero-order valence-corrected chi connectivity index (χ0v) is 15.8. The fraction of sp³-hybridized carbons (Fsp3) is 0.333. The van der Waals surface area contributed by atoms with E-state index in [4.69, 9.17) is 4.74 Å². The summed E-state index contributed by atoms with van der Waals surface area (Å²) in [5, 5.41) is 14.2. The van der Waals surface area contributed by atoms with Crippen LogP contribution in [0.5, 0.6) is 0 Å². The van der Waals surface area contributed by atoms with Crippen LogP contribution in [0.2, 0.25) is 0 Å². The van der Waals surface area contributed by atoms with Crippen LogP contribution in [0.3, 0.4) is 0 Å². The van der Waals surface area contributed by atoms with Gasteiger partial charge in [-0.1, -0.05) is 48.0 Å². The van der Waals surface area contributed by atoms with Crippen molar-refractivity contribution in [1.29, 1.82) is 0 Å². The molecule has 2 heterocycles. The highest BCUT2D eigenvalue weighted by Gasteiger charge is 2.26. The maximum Gasteiger partial charge on any atom is 0.254 e. The van der Waals surface area contributed by atoms with Gasteiger partial charge in [-0.25, -0.2) is 0 Å². The molecule has 0 radical (unpaired) electrons. The molecule has 1 aliphatic heterocycles. The molecule has 0 bridgehead atoms. The highest BCUT2D eigenvalue weighted by atomic mass is 16.5. The lowest BCUT2D eigenvalue weighted by molar-refractivity contribution is 0.0508. The van der Waals surface area contributed by atoms with Crippen LogP contribution in [0, 0.1) is 6.92 Å². The molecule has 2 aromatic carbocycles. The predicted molar refractivity (Wildman–Crippen MR) is 105 cm³/mol. The number of tetrazole rings is 1. The minimum Gasteiger partial charge on any atom is -0.376 e. The van der Waals surface area contributed by atoms with Crippen molar-refractivity contribution in [2.24, 2.45) is 0 Å². The van der Waals surface area contributed by atoms with Gasteiger partial charge in [0.15, 0.2) is 0 Å². The summed E-state index contributed by atoms with van der Waals surface area (Å²) >= 11 is 0. The van der Waals surface area contributed by atoms with Crippen molar-refractivity contribution >= 4 is 5.91 Å². The van der Waals surface area contributed by atoms with E-state index in [9.17, 15) is 4.79 Å². The lowest BCUT2D eigenvalue weighted by Gasteiger charge is -2.26. The first-order chi connectivity index (χ1) is 13.7. The molecule has 1 atom stereocenters. The largest absolute Gasteiger partial charge is 0.376 e. The standard InChI is InChI=1S/C21H23N5O2/c1-15-6-4-7-16(12-15)13-26(14-17-8-5-11-28-17)21(27)19-10-3-2-9-18(19)20-22-24-25-23-20/h2-4,6-7,9-10,12,17H,5,8,11,13-14H2,1H3,(H,22,23,24,25). The van der Waals surface area contributed by atoms with Crippen LogP contribution in [0.1, 0.15) is 34.3 Å². The van der Waals surface area contributed by atoms with Crippen LogP contribution < -0.4 is 0 Å². The topological polar surface area (TPSA) is 84.0 Å². The first-order valence-corrected chi connectivity index (χ1v) is 9.50. The van der Waals surface area contributed by atoms with Gasteiger partial charge in [0.2, 0.25) is 5.82 Å². The lowest BCUT2D eigenvalue weighted by atomic mass is 10.0. The molecule has 3 aromatic rings. The van der Waals surface area contributed by atoms with Gasteiger partial charge in [0.25, 0.3) is 5.91 Å². The third-order valence-electron chi connectivity index (χ3n) is 4.93. The van der Waals surface area contributed by atoms with Gasteiger partial charge in [-0.3, -0.25) is 4.79 Å². The number of aromatic nitrogens is 4. The number of nitrogens with zero attached hydrogens (tertiary/aromatic N) is 4. The van der Waals surface area contributed by atoms with Crippen LogP contribution in [-0.2, 0) is 11.3 Å². The minimum absolute atomic E-state index is 0.0580. The average molecular weight is 377 g/mol. The zero-order chi connectivity index (χ0) is 19.3. The van der Waals surface area contributed by atoms with Gasteiger partial charge in [-0.05, 0) is 36.6 Å². The Balaban J connectivity index is 1.65. The van der Waals surface area contributed by atoms with Gasteiger partial charge in [0, 0.05) is 25.3 Å². The second kappa shape index (κ2) is 8.31. The molecule has 7 nitrogen and oxygen atoms in total. The predicted octanol–water partition coefficient (Wildman–Crippen LogP) is 3.00. The molecule has 1 aromatic heterocycles. The minimum atomic E-state index is -0.0580. The first-order valence-electron chi connectivity index (χ1n) is 9.50. The second-order valence-corrected chi connectivity index (χ2v) is 7.09. The number of hydrogen-bond acceptors (Lipinski definition) is 5. The van der Waals surface area contributed by atoms with Crippen molar-refractivity contribution in [3.05, 3.63) is 65.2 Å². The molecule has 28 heavy (non-hydrogen) atoms. The molecule has 1 N–H and O–H groups in total. The lowest BCUT2D eigenvalue weighted by Crippen LogP contribution is -2.37. The van der Waals surface area contributed by atoms with E-state index in [0.717, 1.165) is 25.0 Å². The number of ether oxygens (including phenoxy) is 1. The molecule has 0 saturated carbocycles. The van der Waals surface area contributed by atoms with Gasteiger partial charge < -0.3 is 9.64 Å². The number of rotatable bonds is 6. The number of benzene rings is 2. The van der Waals surface area contributed by atoms with E-state index >= 15 is 0 Å². The number of carbonyl (C=O) groups excluding carboxylic acids is 1. The van der Waals surface area contributed by atoms with Gasteiger partial charge in [-0.2, -0.15) is 5.21 Å². The molecule has 7 heteroatoms. The number of carbonyl (C=O) groups is 1. The Kier molecular flexibility index (Phi) is 5.43. The fourth-order valence-corrected chi connectivity index (χ4v) is 3.60. The molecule has 4 rings (SSSR count). The Morgan fingerprint density at radius 1 is 1.25 bits per heavy atom. The molecule has 0 spiro atoms. The highest BCUT2D eigenvalue weighted by molar-refractivity contribution is 6.00. The number of aromatic amines is 1. The molecule has 1 amide bonds. The van der Waals surface area contributed by atoms with Crippen LogP contribution in [0.4, 0.5) is 0 Å². The summed E-state index contributed by atoms with van der Waals surface area (Å²) in [6.07, 6.45) is 2.09. The molecule has 144 valence electrons. The van der Waals surface area contributed by atoms with E-state index < -0.39 is 0 Å². The van der Waals surface area contributed by atoms with Gasteiger partial charge in [-0.15, -0.1) is 10.2 Å². The second-order valence-electron chi connectivity index (χ2n) is 7.09. The third-order valence-corrected chi connectivity index (χ3v) is 4.93. The zero-order valence-electron chi connectivity index (χ0n) is 15.8. The molecule has 1 saturated heterocycles.